The fraction of sp³-hybridized carbons (Fsp3) is 0.200. The minimum atomic E-state index is -0.671. The monoisotopic (exact) mass is 194 g/mol. The number of rotatable bonds is 1. The predicted molar refractivity (Wildman–Crippen MR) is 42.1 cm³/mol. The Kier molecular flexibility index (Phi) is 2.36. The summed E-state index contributed by atoms with van der Waals surface area (Å²) in [6.07, 6.45) is 0. The molecule has 60 valence electrons. The highest BCUT2D eigenvalue weighted by atomic mass is 35.5. The third-order valence-corrected chi connectivity index (χ3v) is 1.69. The average molecular weight is 195 g/mol. The Morgan fingerprint density at radius 3 is 2.64 bits per heavy atom. The van der Waals surface area contributed by atoms with E-state index in [0.717, 1.165) is 0 Å². The Balaban J connectivity index is 3.45. The zero-order valence-electron chi connectivity index (χ0n) is 5.30. The van der Waals surface area contributed by atoms with Crippen molar-refractivity contribution in [1.82, 2.24) is 9.07 Å². The molecule has 1 rings (SSSR count). The number of nitrogens with zero attached hydrogens (tertiary/aromatic N) is 1. The smallest absolute Gasteiger partial charge is 0.309 e. The fourth-order valence-electron chi connectivity index (χ4n) is 0.600. The molecule has 0 aliphatic rings. The van der Waals surface area contributed by atoms with E-state index in [1.807, 2.05) is 0 Å². The van der Waals surface area contributed by atoms with Gasteiger partial charge in [0.15, 0.2) is 0 Å². The molecule has 0 amide bonds. The molecule has 1 aromatic heterocycles. The van der Waals surface area contributed by atoms with E-state index in [4.69, 9.17) is 23.4 Å². The lowest BCUT2D eigenvalue weighted by Gasteiger charge is -1.94. The van der Waals surface area contributed by atoms with Gasteiger partial charge in [0.1, 0.15) is 0 Å². The van der Waals surface area contributed by atoms with Gasteiger partial charge < -0.3 is 4.98 Å². The molecule has 0 saturated carbocycles. The zero-order chi connectivity index (χ0) is 8.43. The van der Waals surface area contributed by atoms with Crippen molar-refractivity contribution in [2.24, 2.45) is 0 Å². The summed E-state index contributed by atoms with van der Waals surface area (Å²) in [4.78, 5) is 23.8. The maximum absolute atomic E-state index is 10.8. The molecular weight excluding hydrogens is 191 g/mol. The Hall–Kier alpha value is -0.740. The van der Waals surface area contributed by atoms with Gasteiger partial charge in [-0.05, 0) is 0 Å². The number of hydrogen-bond acceptors (Lipinski definition) is 2. The first-order valence-electron chi connectivity index (χ1n) is 2.72. The number of halogens is 2. The van der Waals surface area contributed by atoms with Gasteiger partial charge >= 0.3 is 5.69 Å². The van der Waals surface area contributed by atoms with Gasteiger partial charge in [-0.3, -0.25) is 4.79 Å². The summed E-state index contributed by atoms with van der Waals surface area (Å²) in [6.45, 7) is 0. The summed E-state index contributed by atoms with van der Waals surface area (Å²) in [6, 6.07) is 1.17. The molecule has 0 bridgehead atoms. The molecule has 0 aliphatic carbocycles. The SMILES string of the molecule is O=c1cc(CCl)[nH]c(=O)n1Cl. The molecule has 1 N–H and O–H groups in total. The lowest BCUT2D eigenvalue weighted by atomic mass is 10.5. The van der Waals surface area contributed by atoms with E-state index in [1.165, 1.54) is 6.07 Å². The highest BCUT2D eigenvalue weighted by molar-refractivity contribution is 6.17. The summed E-state index contributed by atoms with van der Waals surface area (Å²) < 4.78 is 0.454. The number of hydrogen-bond donors (Lipinski definition) is 1. The maximum atomic E-state index is 10.8. The molecule has 11 heavy (non-hydrogen) atoms. The lowest BCUT2D eigenvalue weighted by Crippen LogP contribution is -2.29. The van der Waals surface area contributed by atoms with Crippen LogP contribution in [0.15, 0.2) is 15.7 Å². The van der Waals surface area contributed by atoms with E-state index >= 15 is 0 Å². The molecular formula is C5H4Cl2N2O2. The van der Waals surface area contributed by atoms with Gasteiger partial charge in [-0.25, -0.2) is 4.79 Å². The Labute approximate surface area is 71.5 Å². The molecule has 0 unspecified atom stereocenters. The summed E-state index contributed by atoms with van der Waals surface area (Å²) >= 11 is 10.6. The number of aromatic nitrogens is 2. The van der Waals surface area contributed by atoms with Crippen molar-refractivity contribution in [3.05, 3.63) is 32.6 Å². The second-order valence-corrected chi connectivity index (χ2v) is 2.46. The maximum Gasteiger partial charge on any atom is 0.343 e. The fourth-order valence-corrected chi connectivity index (χ4v) is 0.835. The van der Waals surface area contributed by atoms with Gasteiger partial charge in [0.05, 0.1) is 5.88 Å². The number of aromatic amines is 1. The highest BCUT2D eigenvalue weighted by Crippen LogP contribution is 1.91. The van der Waals surface area contributed by atoms with Crippen LogP contribution >= 0.6 is 23.4 Å². The average Bonchev–Trinajstić information content (AvgIpc) is 1.99. The van der Waals surface area contributed by atoms with Crippen LogP contribution in [0, 0.1) is 0 Å². The minimum Gasteiger partial charge on any atom is -0.309 e. The molecule has 0 atom stereocenters. The van der Waals surface area contributed by atoms with Crippen molar-refractivity contribution < 1.29 is 0 Å². The first-order valence-corrected chi connectivity index (χ1v) is 3.60. The van der Waals surface area contributed by atoms with Crippen molar-refractivity contribution in [2.45, 2.75) is 5.88 Å². The second kappa shape index (κ2) is 3.11. The van der Waals surface area contributed by atoms with E-state index in [2.05, 4.69) is 4.98 Å². The summed E-state index contributed by atoms with van der Waals surface area (Å²) in [7, 11) is 0. The molecule has 1 heterocycles. The van der Waals surface area contributed by atoms with E-state index < -0.39 is 11.2 Å². The highest BCUT2D eigenvalue weighted by Gasteiger charge is 1.99. The van der Waals surface area contributed by atoms with Crippen LogP contribution in [0.4, 0.5) is 0 Å². The van der Waals surface area contributed by atoms with Crippen LogP contribution in [0.25, 0.3) is 0 Å². The summed E-state index contributed by atoms with van der Waals surface area (Å²) in [5.41, 5.74) is -0.889. The molecule has 0 saturated heterocycles. The quantitative estimate of drug-likeness (QED) is 0.654. The van der Waals surface area contributed by atoms with Crippen molar-refractivity contribution >= 4 is 23.4 Å². The molecule has 0 aromatic carbocycles. The predicted octanol–water partition coefficient (Wildman–Crippen LogP) is 0.277. The van der Waals surface area contributed by atoms with E-state index in [9.17, 15) is 9.59 Å². The zero-order valence-corrected chi connectivity index (χ0v) is 6.82. The molecule has 6 heteroatoms. The van der Waals surface area contributed by atoms with Gasteiger partial charge in [0.2, 0.25) is 0 Å². The van der Waals surface area contributed by atoms with Gasteiger partial charge in [-0.2, -0.15) is 4.09 Å². The molecule has 0 aliphatic heterocycles. The first-order chi connectivity index (χ1) is 5.15. The number of alkyl halides is 1. The van der Waals surface area contributed by atoms with Crippen LogP contribution < -0.4 is 11.2 Å². The Morgan fingerprint density at radius 1 is 1.55 bits per heavy atom. The molecule has 0 fully saturated rings. The van der Waals surface area contributed by atoms with Crippen molar-refractivity contribution in [3.8, 4) is 0 Å². The Bertz CT molecular complexity index is 336. The molecule has 4 nitrogen and oxygen atoms in total. The largest absolute Gasteiger partial charge is 0.343 e. The Morgan fingerprint density at radius 2 is 2.18 bits per heavy atom. The van der Waals surface area contributed by atoms with E-state index in [0.29, 0.717) is 9.78 Å². The van der Waals surface area contributed by atoms with Crippen LogP contribution in [0.3, 0.4) is 0 Å². The number of nitrogens with one attached hydrogen (secondary N) is 1. The van der Waals surface area contributed by atoms with Gasteiger partial charge in [0.25, 0.3) is 5.56 Å². The van der Waals surface area contributed by atoms with Gasteiger partial charge in [0, 0.05) is 23.5 Å². The second-order valence-electron chi connectivity index (χ2n) is 1.85. The van der Waals surface area contributed by atoms with Crippen molar-refractivity contribution in [1.29, 1.82) is 0 Å². The molecule has 0 spiro atoms. The van der Waals surface area contributed by atoms with E-state index in [1.54, 1.807) is 0 Å². The minimum absolute atomic E-state index is 0.0855. The summed E-state index contributed by atoms with van der Waals surface area (Å²) in [5.74, 6) is 0.0855. The van der Waals surface area contributed by atoms with Crippen LogP contribution in [-0.2, 0) is 5.88 Å². The van der Waals surface area contributed by atoms with Crippen LogP contribution in [0.5, 0.6) is 0 Å². The summed E-state index contributed by atoms with van der Waals surface area (Å²) in [5, 5.41) is 0. The lowest BCUT2D eigenvalue weighted by molar-refractivity contribution is 0.929. The molecule has 0 radical (unpaired) electrons. The van der Waals surface area contributed by atoms with E-state index in [-0.39, 0.29) is 5.88 Å². The van der Waals surface area contributed by atoms with Crippen molar-refractivity contribution in [2.75, 3.05) is 0 Å². The third-order valence-electron chi connectivity index (χ3n) is 1.08. The third kappa shape index (κ3) is 1.64. The standard InChI is InChI=1S/C5H4Cl2N2O2/c6-2-3-1-4(10)9(7)5(11)8-3/h1H,2H2,(H,8,11). The van der Waals surface area contributed by atoms with Crippen LogP contribution in [-0.4, -0.2) is 9.07 Å². The van der Waals surface area contributed by atoms with Crippen LogP contribution in [0.1, 0.15) is 5.69 Å². The van der Waals surface area contributed by atoms with Gasteiger partial charge in [-0.1, -0.05) is 0 Å². The first kappa shape index (κ1) is 8.36. The topological polar surface area (TPSA) is 54.9 Å². The van der Waals surface area contributed by atoms with Crippen LogP contribution in [0.2, 0.25) is 0 Å². The van der Waals surface area contributed by atoms with Gasteiger partial charge in [-0.15, -0.1) is 11.6 Å². The van der Waals surface area contributed by atoms with Crippen molar-refractivity contribution in [3.63, 3.8) is 0 Å². The molecule has 1 aromatic rings. The normalized spacial score (nSPS) is 10.0. The number of H-pyrrole nitrogens is 1.